The Bertz CT molecular complexity index is 1990. The van der Waals surface area contributed by atoms with E-state index in [1.807, 2.05) is 35.0 Å². The Morgan fingerprint density at radius 3 is 1.11 bits per heavy atom. The van der Waals surface area contributed by atoms with Crippen molar-refractivity contribution in [2.24, 2.45) is 47.3 Å². The molecule has 3 heterocycles. The highest BCUT2D eigenvalue weighted by atomic mass is 32.1. The van der Waals surface area contributed by atoms with Crippen LogP contribution in [0.2, 0.25) is 0 Å². The highest BCUT2D eigenvalue weighted by molar-refractivity contribution is 7.09. The molecular formula is C40H36N2O4S. The molecule has 3 aromatic carbocycles. The van der Waals surface area contributed by atoms with Gasteiger partial charge in [0.15, 0.2) is 0 Å². The zero-order valence-electron chi connectivity index (χ0n) is 26.2. The second-order valence-electron chi connectivity index (χ2n) is 16.8. The van der Waals surface area contributed by atoms with Gasteiger partial charge in [-0.3, -0.25) is 29.0 Å². The molecule has 0 unspecified atom stereocenters. The summed E-state index contributed by atoms with van der Waals surface area (Å²) < 4.78 is 0. The van der Waals surface area contributed by atoms with E-state index in [2.05, 4.69) is 0 Å². The molecule has 4 aromatic rings. The van der Waals surface area contributed by atoms with Crippen LogP contribution in [0.4, 0.5) is 0 Å². The predicted molar refractivity (Wildman–Crippen MR) is 180 cm³/mol. The topological polar surface area (TPSA) is 74.8 Å². The minimum absolute atomic E-state index is 0.0821. The molecule has 1 aromatic heterocycles. The predicted octanol–water partition coefficient (Wildman–Crippen LogP) is 8.05. The van der Waals surface area contributed by atoms with E-state index < -0.39 is 0 Å². The number of fused-ring (bicyclic) bond motifs is 6. The number of carbonyl (C=O) groups is 4. The molecular weight excluding hydrogens is 605 g/mol. The average Bonchev–Trinajstić information content (AvgIpc) is 3.53. The number of hydrogen-bond donors (Lipinski definition) is 0. The van der Waals surface area contributed by atoms with Gasteiger partial charge < -0.3 is 0 Å². The molecule has 10 aliphatic rings. The van der Waals surface area contributed by atoms with Crippen LogP contribution in [0.15, 0.2) is 35.0 Å². The zero-order chi connectivity index (χ0) is 31.0. The van der Waals surface area contributed by atoms with Crippen LogP contribution in [0.25, 0.3) is 32.3 Å². The molecule has 0 N–H and O–H groups in total. The van der Waals surface area contributed by atoms with E-state index in [0.717, 1.165) is 96.6 Å². The number of rotatable bonds is 2. The average molecular weight is 641 g/mol. The van der Waals surface area contributed by atoms with E-state index in [1.54, 1.807) is 9.80 Å². The van der Waals surface area contributed by atoms with Crippen LogP contribution in [0.3, 0.4) is 0 Å². The van der Waals surface area contributed by atoms with Crippen molar-refractivity contribution in [3.63, 3.8) is 0 Å². The number of hydrogen-bond acceptors (Lipinski definition) is 5. The normalized spacial score (nSPS) is 37.9. The summed E-state index contributed by atoms with van der Waals surface area (Å²) in [4.78, 5) is 63.4. The lowest BCUT2D eigenvalue weighted by molar-refractivity contribution is -0.0485. The molecule has 0 radical (unpaired) electrons. The van der Waals surface area contributed by atoms with E-state index in [4.69, 9.17) is 0 Å². The first kappa shape index (κ1) is 26.4. The lowest BCUT2D eigenvalue weighted by Gasteiger charge is -2.57. The molecule has 7 heteroatoms. The summed E-state index contributed by atoms with van der Waals surface area (Å²) in [6.45, 7) is 0. The van der Waals surface area contributed by atoms with Crippen LogP contribution >= 0.6 is 11.3 Å². The van der Waals surface area contributed by atoms with Crippen molar-refractivity contribution in [1.29, 1.82) is 0 Å². The maximum Gasteiger partial charge on any atom is 0.262 e. The smallest absolute Gasteiger partial charge is 0.262 e. The fraction of sp³-hybridized carbons (Fsp3) is 0.500. The maximum absolute atomic E-state index is 15.0. The van der Waals surface area contributed by atoms with E-state index in [-0.39, 0.29) is 35.7 Å². The zero-order valence-corrected chi connectivity index (χ0v) is 27.1. The highest BCUT2D eigenvalue weighted by Gasteiger charge is 2.57. The number of amides is 4. The minimum atomic E-state index is -0.230. The lowest BCUT2D eigenvalue weighted by Crippen LogP contribution is -2.60. The summed E-state index contributed by atoms with van der Waals surface area (Å²) in [6.07, 6.45) is 11.4. The molecule has 8 aliphatic carbocycles. The molecule has 2 aliphatic heterocycles. The molecule has 0 spiro atoms. The van der Waals surface area contributed by atoms with Gasteiger partial charge in [0.05, 0.1) is 22.3 Å². The molecule has 0 atom stereocenters. The third-order valence-corrected chi connectivity index (χ3v) is 15.3. The summed E-state index contributed by atoms with van der Waals surface area (Å²) in [5.41, 5.74) is 2.08. The van der Waals surface area contributed by atoms with Crippen molar-refractivity contribution in [3.05, 3.63) is 57.3 Å². The molecule has 4 amide bonds. The second kappa shape index (κ2) is 8.71. The first-order chi connectivity index (χ1) is 22.9. The van der Waals surface area contributed by atoms with E-state index in [1.165, 1.54) is 24.2 Å². The fourth-order valence-electron chi connectivity index (χ4n) is 13.6. The van der Waals surface area contributed by atoms with E-state index in [0.29, 0.717) is 56.7 Å². The fourth-order valence-corrected chi connectivity index (χ4v) is 14.5. The number of imide groups is 2. The van der Waals surface area contributed by atoms with Crippen molar-refractivity contribution in [2.75, 3.05) is 0 Å². The van der Waals surface area contributed by atoms with Gasteiger partial charge in [0, 0.05) is 33.6 Å². The molecule has 8 fully saturated rings. The third kappa shape index (κ3) is 3.10. The monoisotopic (exact) mass is 640 g/mol. The molecule has 14 rings (SSSR count). The van der Waals surface area contributed by atoms with Crippen molar-refractivity contribution >= 4 is 67.3 Å². The lowest BCUT2D eigenvalue weighted by atomic mass is 9.53. The van der Waals surface area contributed by atoms with E-state index >= 15 is 9.59 Å². The largest absolute Gasteiger partial charge is 0.271 e. The Hall–Kier alpha value is -3.58. The van der Waals surface area contributed by atoms with Crippen LogP contribution in [0.1, 0.15) is 106 Å². The minimum Gasteiger partial charge on any atom is -0.271 e. The Balaban J connectivity index is 1.12. The molecule has 47 heavy (non-hydrogen) atoms. The second-order valence-corrected chi connectivity index (χ2v) is 17.5. The number of nitrogens with zero attached hydrogens (tertiary/aromatic N) is 2. The molecule has 6 nitrogen and oxygen atoms in total. The number of thiophene rings is 1. The molecule has 236 valence electrons. The van der Waals surface area contributed by atoms with Crippen molar-refractivity contribution in [1.82, 2.24) is 9.80 Å². The summed E-state index contributed by atoms with van der Waals surface area (Å²) >= 11 is 1.50. The summed E-state index contributed by atoms with van der Waals surface area (Å²) in [7, 11) is 0. The first-order valence-electron chi connectivity index (χ1n) is 18.1. The Morgan fingerprint density at radius 1 is 0.447 bits per heavy atom. The van der Waals surface area contributed by atoms with Gasteiger partial charge in [-0.2, -0.15) is 11.3 Å². The van der Waals surface area contributed by atoms with Crippen LogP contribution in [-0.2, 0) is 0 Å². The van der Waals surface area contributed by atoms with Gasteiger partial charge in [0.2, 0.25) is 0 Å². The highest BCUT2D eigenvalue weighted by Crippen LogP contribution is 2.59. The van der Waals surface area contributed by atoms with Gasteiger partial charge in [-0.05, 0) is 133 Å². The van der Waals surface area contributed by atoms with Gasteiger partial charge in [-0.25, -0.2) is 0 Å². The Labute approximate surface area is 276 Å². The van der Waals surface area contributed by atoms with Crippen molar-refractivity contribution in [3.8, 4) is 0 Å². The van der Waals surface area contributed by atoms with Crippen molar-refractivity contribution in [2.45, 2.75) is 76.3 Å². The quantitative estimate of drug-likeness (QED) is 0.164. The molecule has 0 saturated heterocycles. The molecule has 8 saturated carbocycles. The number of carbonyl (C=O) groups excluding carboxylic acids is 4. The van der Waals surface area contributed by atoms with Gasteiger partial charge in [0.25, 0.3) is 23.6 Å². The van der Waals surface area contributed by atoms with Gasteiger partial charge in [0.1, 0.15) is 0 Å². The SMILES string of the molecule is O=C1c2c3ccccc3c3c4c(c5cscc5c(c24)C(=O)N1C1C2CC4CC(C2)CC1C4)C(=O)N(C1C2CC4CC(C2)CC1C4)C3=O. The summed E-state index contributed by atoms with van der Waals surface area (Å²) in [6, 6.07) is 7.63. The summed E-state index contributed by atoms with van der Waals surface area (Å²) in [5.74, 6) is 3.42. The van der Waals surface area contributed by atoms with Crippen LogP contribution in [0.5, 0.6) is 0 Å². The maximum atomic E-state index is 15.0. The van der Waals surface area contributed by atoms with Gasteiger partial charge >= 0.3 is 0 Å². The van der Waals surface area contributed by atoms with Crippen molar-refractivity contribution < 1.29 is 19.2 Å². The molecule has 8 bridgehead atoms. The van der Waals surface area contributed by atoms with E-state index in [9.17, 15) is 9.59 Å². The first-order valence-corrected chi connectivity index (χ1v) is 19.0. The third-order valence-electron chi connectivity index (χ3n) is 14.6. The van der Waals surface area contributed by atoms with Gasteiger partial charge in [-0.1, -0.05) is 24.3 Å². The Morgan fingerprint density at radius 2 is 0.766 bits per heavy atom. The Kier molecular flexibility index (Phi) is 4.89. The van der Waals surface area contributed by atoms with Crippen LogP contribution < -0.4 is 0 Å². The van der Waals surface area contributed by atoms with Gasteiger partial charge in [-0.15, -0.1) is 0 Å². The van der Waals surface area contributed by atoms with Crippen LogP contribution in [-0.4, -0.2) is 45.5 Å². The number of benzene rings is 3. The standard InChI is InChI=1S/C40H36N2O4S/c43-37-29-25-3-1-2-4-26(25)30-34-32(40(46)42(38(30)44)36-23-11-19-6-20(13-23)14-24(36)12-19)28-16-47-15-27(28)31(33(29)34)39(45)41(37)35-21-7-17-5-18(9-21)10-22(35)8-17/h1-4,15-24,35-36H,5-14H2. The van der Waals surface area contributed by atoms with Crippen LogP contribution in [0, 0.1) is 47.3 Å². The summed E-state index contributed by atoms with van der Waals surface area (Å²) in [5, 5.41) is 8.07.